The minimum Gasteiger partial charge on any atom is -1.00 e. The van der Waals surface area contributed by atoms with Gasteiger partial charge in [-0.2, -0.15) is 0 Å². The number of hydrogen-bond donors (Lipinski definition) is 0. The SMILES string of the molecule is CC1=CC2C(=C1)C(C)(C)CC2(C)C1c2cc(C(C)(C)C)ccc2-c2ccc(C(C)(C)C)cc21.[Cl-].[Cl-].[Zr+2]. The molecule has 36 heavy (non-hydrogen) atoms. The van der Waals surface area contributed by atoms with Crippen LogP contribution in [-0.4, -0.2) is 0 Å². The van der Waals surface area contributed by atoms with E-state index >= 15 is 0 Å². The van der Waals surface area contributed by atoms with Gasteiger partial charge in [-0.1, -0.05) is 122 Å². The van der Waals surface area contributed by atoms with E-state index in [1.165, 1.54) is 34.2 Å². The molecule has 2 atom stereocenters. The van der Waals surface area contributed by atoms with Crippen LogP contribution in [0.3, 0.4) is 0 Å². The van der Waals surface area contributed by atoms with Crippen molar-refractivity contribution in [3.05, 3.63) is 82.0 Å². The molecule has 3 aliphatic carbocycles. The fourth-order valence-corrected chi connectivity index (χ4v) is 7.25. The van der Waals surface area contributed by atoms with Crippen LogP contribution in [0.2, 0.25) is 0 Å². The normalized spacial score (nSPS) is 23.9. The summed E-state index contributed by atoms with van der Waals surface area (Å²) in [4.78, 5) is 0. The van der Waals surface area contributed by atoms with Crippen LogP contribution >= 0.6 is 0 Å². The third kappa shape index (κ3) is 4.80. The minimum atomic E-state index is 0. The van der Waals surface area contributed by atoms with E-state index in [-0.39, 0.29) is 72.7 Å². The van der Waals surface area contributed by atoms with E-state index in [4.69, 9.17) is 0 Å². The summed E-state index contributed by atoms with van der Waals surface area (Å²) in [5.41, 5.74) is 12.7. The molecule has 0 nitrogen and oxygen atoms in total. The Morgan fingerprint density at radius 2 is 1.19 bits per heavy atom. The van der Waals surface area contributed by atoms with Crippen LogP contribution in [0.25, 0.3) is 11.1 Å². The number of benzene rings is 2. The van der Waals surface area contributed by atoms with Gasteiger partial charge >= 0.3 is 26.2 Å². The summed E-state index contributed by atoms with van der Waals surface area (Å²) >= 11 is 0. The van der Waals surface area contributed by atoms with Gasteiger partial charge in [-0.05, 0) is 68.4 Å². The molecule has 2 aromatic rings. The predicted molar refractivity (Wildman–Crippen MR) is 143 cm³/mol. The van der Waals surface area contributed by atoms with Gasteiger partial charge in [0.1, 0.15) is 0 Å². The van der Waals surface area contributed by atoms with Crippen molar-refractivity contribution in [2.75, 3.05) is 0 Å². The Kier molecular flexibility index (Phi) is 8.64. The van der Waals surface area contributed by atoms with Gasteiger partial charge in [-0.3, -0.25) is 0 Å². The molecule has 0 spiro atoms. The zero-order chi connectivity index (χ0) is 24.1. The van der Waals surface area contributed by atoms with Crippen molar-refractivity contribution in [1.29, 1.82) is 0 Å². The monoisotopic (exact) mass is 598 g/mol. The standard InChI is InChI=1S/C33H42.2ClH.Zr/c1-20-15-27-28(16-20)33(10,19-32(27,8)9)29-25-17-21(30(2,3)4)11-13-23(25)24-14-12-22(18-26(24)29)31(5,6)7;;;/h11-18,28-29H,19H2,1-10H3;2*1H;/q;;;+2/p-2. The quantitative estimate of drug-likeness (QED) is 0.472. The molecule has 0 aliphatic heterocycles. The van der Waals surface area contributed by atoms with Crippen molar-refractivity contribution in [3.63, 3.8) is 0 Å². The Balaban J connectivity index is 0.00000152. The first-order valence-corrected chi connectivity index (χ1v) is 12.8. The first kappa shape index (κ1) is 31.6. The number of halogens is 2. The fraction of sp³-hybridized carbons (Fsp3) is 0.515. The zero-order valence-electron chi connectivity index (χ0n) is 23.7. The van der Waals surface area contributed by atoms with Gasteiger partial charge in [0.25, 0.3) is 0 Å². The summed E-state index contributed by atoms with van der Waals surface area (Å²) in [6.45, 7) is 23.9. The second kappa shape index (κ2) is 9.85. The Morgan fingerprint density at radius 3 is 1.61 bits per heavy atom. The van der Waals surface area contributed by atoms with E-state index < -0.39 is 0 Å². The molecule has 0 amide bonds. The number of allylic oxidation sites excluding steroid dienone is 4. The van der Waals surface area contributed by atoms with Crippen molar-refractivity contribution in [2.24, 2.45) is 16.7 Å². The van der Waals surface area contributed by atoms with Crippen molar-refractivity contribution < 1.29 is 51.0 Å². The zero-order valence-corrected chi connectivity index (χ0v) is 27.7. The van der Waals surface area contributed by atoms with Gasteiger partial charge in [0, 0.05) is 11.8 Å². The molecule has 0 radical (unpaired) electrons. The Morgan fingerprint density at radius 1 is 0.750 bits per heavy atom. The van der Waals surface area contributed by atoms with E-state index in [9.17, 15) is 0 Å². The minimum absolute atomic E-state index is 0. The van der Waals surface area contributed by atoms with Gasteiger partial charge in [0.2, 0.25) is 0 Å². The average molecular weight is 601 g/mol. The van der Waals surface area contributed by atoms with Crippen LogP contribution in [0.4, 0.5) is 0 Å². The van der Waals surface area contributed by atoms with Crippen molar-refractivity contribution in [3.8, 4) is 11.1 Å². The topological polar surface area (TPSA) is 0 Å². The van der Waals surface area contributed by atoms with Crippen LogP contribution in [0.1, 0.15) is 104 Å². The van der Waals surface area contributed by atoms with Crippen LogP contribution in [0.15, 0.2) is 59.7 Å². The summed E-state index contributed by atoms with van der Waals surface area (Å²) in [5.74, 6) is 0.942. The second-order valence-electron chi connectivity index (χ2n) is 14.1. The fourth-order valence-electron chi connectivity index (χ4n) is 7.25. The Labute approximate surface area is 251 Å². The van der Waals surface area contributed by atoms with Crippen LogP contribution < -0.4 is 24.8 Å². The molecule has 0 N–H and O–H groups in total. The van der Waals surface area contributed by atoms with Gasteiger partial charge in [-0.25, -0.2) is 0 Å². The summed E-state index contributed by atoms with van der Waals surface area (Å²) in [7, 11) is 0. The summed E-state index contributed by atoms with van der Waals surface area (Å²) in [6, 6.07) is 14.7. The summed E-state index contributed by atoms with van der Waals surface area (Å²) in [5, 5.41) is 0. The van der Waals surface area contributed by atoms with Crippen molar-refractivity contribution in [2.45, 2.75) is 92.4 Å². The van der Waals surface area contributed by atoms with E-state index in [1.54, 1.807) is 16.7 Å². The third-order valence-electron chi connectivity index (χ3n) is 8.87. The Bertz CT molecular complexity index is 1160. The molecule has 3 heteroatoms. The average Bonchev–Trinajstić information content (AvgIpc) is 3.29. The number of rotatable bonds is 1. The largest absolute Gasteiger partial charge is 2.00 e. The van der Waals surface area contributed by atoms with Crippen molar-refractivity contribution in [1.82, 2.24) is 0 Å². The van der Waals surface area contributed by atoms with Crippen molar-refractivity contribution >= 4 is 0 Å². The maximum absolute atomic E-state index is 2.59. The van der Waals surface area contributed by atoms with Gasteiger partial charge in [0.15, 0.2) is 0 Å². The molecule has 2 unspecified atom stereocenters. The van der Waals surface area contributed by atoms with E-state index in [1.807, 2.05) is 0 Å². The number of fused-ring (bicyclic) bond motifs is 4. The van der Waals surface area contributed by atoms with Crippen LogP contribution in [0.5, 0.6) is 0 Å². The van der Waals surface area contributed by atoms with E-state index in [0.29, 0.717) is 11.8 Å². The van der Waals surface area contributed by atoms with Crippen LogP contribution in [0, 0.1) is 16.7 Å². The van der Waals surface area contributed by atoms with Gasteiger partial charge < -0.3 is 24.8 Å². The van der Waals surface area contributed by atoms with Crippen LogP contribution in [-0.2, 0) is 37.0 Å². The smallest absolute Gasteiger partial charge is 1.00 e. The summed E-state index contributed by atoms with van der Waals surface area (Å²) < 4.78 is 0. The first-order valence-electron chi connectivity index (χ1n) is 12.8. The molecular weight excluding hydrogens is 558 g/mol. The molecule has 3 aliphatic rings. The molecule has 2 aromatic carbocycles. The predicted octanol–water partition coefficient (Wildman–Crippen LogP) is 3.34. The number of hydrogen-bond acceptors (Lipinski definition) is 0. The molecule has 1 saturated carbocycles. The molecular formula is C33H42Cl2Zr. The molecule has 0 heterocycles. The maximum atomic E-state index is 2.59. The van der Waals surface area contributed by atoms with Gasteiger partial charge in [-0.15, -0.1) is 0 Å². The Hall–Kier alpha value is -0.617. The molecule has 5 rings (SSSR count). The second-order valence-corrected chi connectivity index (χ2v) is 14.1. The van der Waals surface area contributed by atoms with Gasteiger partial charge in [0.05, 0.1) is 0 Å². The third-order valence-corrected chi connectivity index (χ3v) is 8.87. The molecule has 0 bridgehead atoms. The molecule has 192 valence electrons. The first-order chi connectivity index (χ1) is 15.1. The molecule has 0 saturated heterocycles. The van der Waals surface area contributed by atoms with E-state index in [2.05, 4.69) is 118 Å². The molecule has 1 fully saturated rings. The van der Waals surface area contributed by atoms with E-state index in [0.717, 1.165) is 0 Å². The maximum Gasteiger partial charge on any atom is 2.00 e. The molecule has 0 aromatic heterocycles. The summed E-state index contributed by atoms with van der Waals surface area (Å²) in [6.07, 6.45) is 6.29.